The molecule has 100 valence electrons. The highest BCUT2D eigenvalue weighted by atomic mass is 19.1. The third-order valence-corrected chi connectivity index (χ3v) is 3.33. The highest BCUT2D eigenvalue weighted by Gasteiger charge is 2.10. The molecule has 3 heteroatoms. The lowest BCUT2D eigenvalue weighted by atomic mass is 10.1. The fourth-order valence-corrected chi connectivity index (χ4v) is 2.19. The summed E-state index contributed by atoms with van der Waals surface area (Å²) in [6.07, 6.45) is 0. The molecular weight excluding hydrogens is 239 g/mol. The lowest BCUT2D eigenvalue weighted by molar-refractivity contribution is 0.625. The Kier molecular flexibility index (Phi) is 4.05. The van der Waals surface area contributed by atoms with Gasteiger partial charge in [-0.15, -0.1) is 0 Å². The molecule has 2 aromatic rings. The van der Waals surface area contributed by atoms with Crippen LogP contribution in [-0.4, -0.2) is 6.54 Å². The number of rotatable bonds is 4. The summed E-state index contributed by atoms with van der Waals surface area (Å²) in [5.74, 6) is -0.191. The molecule has 2 N–H and O–H groups in total. The van der Waals surface area contributed by atoms with Gasteiger partial charge < -0.3 is 10.6 Å². The second-order valence-electron chi connectivity index (χ2n) is 4.64. The van der Waals surface area contributed by atoms with Gasteiger partial charge in [-0.3, -0.25) is 0 Å². The maximum absolute atomic E-state index is 13.1. The molecule has 0 aromatic heterocycles. The van der Waals surface area contributed by atoms with Gasteiger partial charge in [-0.25, -0.2) is 4.39 Å². The summed E-state index contributed by atoms with van der Waals surface area (Å²) in [4.78, 5) is 2.19. The summed E-state index contributed by atoms with van der Waals surface area (Å²) >= 11 is 0. The topological polar surface area (TPSA) is 29.3 Å². The fraction of sp³-hybridized carbons (Fsp3) is 0.250. The van der Waals surface area contributed by atoms with Crippen molar-refractivity contribution in [2.24, 2.45) is 0 Å². The Bertz CT molecular complexity index is 566. The van der Waals surface area contributed by atoms with E-state index in [4.69, 9.17) is 5.73 Å². The summed E-state index contributed by atoms with van der Waals surface area (Å²) in [6, 6.07) is 12.7. The van der Waals surface area contributed by atoms with Gasteiger partial charge in [0.1, 0.15) is 5.82 Å². The lowest BCUT2D eigenvalue weighted by Gasteiger charge is -2.25. The van der Waals surface area contributed by atoms with Crippen molar-refractivity contribution >= 4 is 11.4 Å². The Morgan fingerprint density at radius 3 is 2.53 bits per heavy atom. The summed E-state index contributed by atoms with van der Waals surface area (Å²) in [5.41, 5.74) is 9.88. The smallest absolute Gasteiger partial charge is 0.123 e. The minimum atomic E-state index is -0.191. The molecule has 0 heterocycles. The van der Waals surface area contributed by atoms with E-state index in [9.17, 15) is 4.39 Å². The van der Waals surface area contributed by atoms with Crippen LogP contribution in [0.2, 0.25) is 0 Å². The van der Waals surface area contributed by atoms with Crippen molar-refractivity contribution in [2.75, 3.05) is 17.2 Å². The molecule has 0 bridgehead atoms. The maximum atomic E-state index is 13.1. The average Bonchev–Trinajstić information content (AvgIpc) is 2.39. The Labute approximate surface area is 113 Å². The molecule has 2 nitrogen and oxygen atoms in total. The standard InChI is InChI=1S/C16H19FN2/c1-3-19(16-7-5-4-6-15(16)18)11-13-8-9-14(17)10-12(13)2/h4-10H,3,11,18H2,1-2H3. The third-order valence-electron chi connectivity index (χ3n) is 3.33. The minimum absolute atomic E-state index is 0.191. The fourth-order valence-electron chi connectivity index (χ4n) is 2.19. The molecule has 0 amide bonds. The Hall–Kier alpha value is -2.03. The van der Waals surface area contributed by atoms with E-state index in [1.807, 2.05) is 37.3 Å². The van der Waals surface area contributed by atoms with Gasteiger partial charge in [-0.2, -0.15) is 0 Å². The van der Waals surface area contributed by atoms with E-state index < -0.39 is 0 Å². The van der Waals surface area contributed by atoms with Crippen LogP contribution >= 0.6 is 0 Å². The average molecular weight is 258 g/mol. The van der Waals surface area contributed by atoms with Crippen molar-refractivity contribution in [2.45, 2.75) is 20.4 Å². The first-order valence-electron chi connectivity index (χ1n) is 6.46. The third kappa shape index (κ3) is 3.05. The number of aryl methyl sites for hydroxylation is 1. The van der Waals surface area contributed by atoms with E-state index in [0.717, 1.165) is 35.6 Å². The molecular formula is C16H19FN2. The maximum Gasteiger partial charge on any atom is 0.123 e. The van der Waals surface area contributed by atoms with Crippen LogP contribution < -0.4 is 10.6 Å². The predicted molar refractivity (Wildman–Crippen MR) is 78.7 cm³/mol. The largest absolute Gasteiger partial charge is 0.397 e. The molecule has 2 aromatic carbocycles. The van der Waals surface area contributed by atoms with E-state index >= 15 is 0 Å². The van der Waals surface area contributed by atoms with Crippen molar-refractivity contribution in [3.8, 4) is 0 Å². The molecule has 0 radical (unpaired) electrons. The van der Waals surface area contributed by atoms with Gasteiger partial charge in [0.15, 0.2) is 0 Å². The molecule has 2 rings (SSSR count). The van der Waals surface area contributed by atoms with Crippen LogP contribution in [0.1, 0.15) is 18.1 Å². The molecule has 0 atom stereocenters. The predicted octanol–water partition coefficient (Wildman–Crippen LogP) is 3.74. The number of hydrogen-bond acceptors (Lipinski definition) is 2. The van der Waals surface area contributed by atoms with Crippen LogP contribution in [0.5, 0.6) is 0 Å². The van der Waals surface area contributed by atoms with Gasteiger partial charge in [0.05, 0.1) is 11.4 Å². The first kappa shape index (κ1) is 13.4. The molecule has 0 aliphatic heterocycles. The quantitative estimate of drug-likeness (QED) is 0.846. The zero-order valence-electron chi connectivity index (χ0n) is 11.4. The zero-order chi connectivity index (χ0) is 13.8. The Balaban J connectivity index is 2.27. The van der Waals surface area contributed by atoms with Crippen LogP contribution in [-0.2, 0) is 6.54 Å². The van der Waals surface area contributed by atoms with Gasteiger partial charge in [-0.1, -0.05) is 18.2 Å². The molecule has 19 heavy (non-hydrogen) atoms. The van der Waals surface area contributed by atoms with Crippen LogP contribution in [0.4, 0.5) is 15.8 Å². The lowest BCUT2D eigenvalue weighted by Crippen LogP contribution is -2.23. The monoisotopic (exact) mass is 258 g/mol. The first-order chi connectivity index (χ1) is 9.11. The second kappa shape index (κ2) is 5.74. The van der Waals surface area contributed by atoms with E-state index in [-0.39, 0.29) is 5.82 Å². The van der Waals surface area contributed by atoms with Gasteiger partial charge in [0, 0.05) is 13.1 Å². The summed E-state index contributed by atoms with van der Waals surface area (Å²) in [7, 11) is 0. The van der Waals surface area contributed by atoms with Crippen LogP contribution in [0, 0.1) is 12.7 Å². The summed E-state index contributed by atoms with van der Waals surface area (Å²) in [5, 5.41) is 0. The summed E-state index contributed by atoms with van der Waals surface area (Å²) < 4.78 is 13.1. The number of nitrogens with two attached hydrogens (primary N) is 1. The minimum Gasteiger partial charge on any atom is -0.397 e. The Morgan fingerprint density at radius 2 is 1.89 bits per heavy atom. The number of benzene rings is 2. The SMILES string of the molecule is CCN(Cc1ccc(F)cc1C)c1ccccc1N. The zero-order valence-corrected chi connectivity index (χ0v) is 11.4. The van der Waals surface area contributed by atoms with Gasteiger partial charge >= 0.3 is 0 Å². The van der Waals surface area contributed by atoms with E-state index in [0.29, 0.717) is 0 Å². The van der Waals surface area contributed by atoms with Crippen LogP contribution in [0.3, 0.4) is 0 Å². The van der Waals surface area contributed by atoms with Crippen molar-refractivity contribution in [3.63, 3.8) is 0 Å². The number of nitrogens with zero attached hydrogens (tertiary/aromatic N) is 1. The molecule has 0 unspecified atom stereocenters. The van der Waals surface area contributed by atoms with Gasteiger partial charge in [-0.05, 0) is 49.2 Å². The molecule has 0 spiro atoms. The van der Waals surface area contributed by atoms with Crippen LogP contribution in [0.25, 0.3) is 0 Å². The first-order valence-corrected chi connectivity index (χ1v) is 6.46. The number of anilines is 2. The normalized spacial score (nSPS) is 10.5. The van der Waals surface area contributed by atoms with Gasteiger partial charge in [0.2, 0.25) is 0 Å². The van der Waals surface area contributed by atoms with Crippen molar-refractivity contribution in [3.05, 3.63) is 59.4 Å². The van der Waals surface area contributed by atoms with Crippen molar-refractivity contribution < 1.29 is 4.39 Å². The van der Waals surface area contributed by atoms with Crippen LogP contribution in [0.15, 0.2) is 42.5 Å². The molecule has 0 saturated carbocycles. The van der Waals surface area contributed by atoms with Gasteiger partial charge in [0.25, 0.3) is 0 Å². The highest BCUT2D eigenvalue weighted by Crippen LogP contribution is 2.24. The number of halogens is 1. The number of para-hydroxylation sites is 2. The van der Waals surface area contributed by atoms with E-state index in [2.05, 4.69) is 11.8 Å². The summed E-state index contributed by atoms with van der Waals surface area (Å²) in [6.45, 7) is 5.60. The number of hydrogen-bond donors (Lipinski definition) is 1. The van der Waals surface area contributed by atoms with E-state index in [1.54, 1.807) is 6.07 Å². The van der Waals surface area contributed by atoms with Crippen molar-refractivity contribution in [1.82, 2.24) is 0 Å². The molecule has 0 aliphatic carbocycles. The van der Waals surface area contributed by atoms with Crippen molar-refractivity contribution in [1.29, 1.82) is 0 Å². The molecule has 0 fully saturated rings. The second-order valence-corrected chi connectivity index (χ2v) is 4.64. The number of nitrogen functional groups attached to an aromatic ring is 1. The molecule has 0 aliphatic rings. The molecule has 0 saturated heterocycles. The van der Waals surface area contributed by atoms with E-state index in [1.165, 1.54) is 6.07 Å². The Morgan fingerprint density at radius 1 is 1.16 bits per heavy atom. The highest BCUT2D eigenvalue weighted by molar-refractivity contribution is 5.67.